The van der Waals surface area contributed by atoms with Crippen LogP contribution in [0.15, 0.2) is 6.33 Å². The number of anilines is 1. The molecule has 6 nitrogen and oxygen atoms in total. The van der Waals surface area contributed by atoms with Gasteiger partial charge in [0.25, 0.3) is 0 Å². The summed E-state index contributed by atoms with van der Waals surface area (Å²) >= 11 is 0. The lowest BCUT2D eigenvalue weighted by atomic mass is 9.49. The topological polar surface area (TPSA) is 75.2 Å². The van der Waals surface area contributed by atoms with Crippen LogP contribution in [0.5, 0.6) is 0 Å². The molecule has 0 aromatic carbocycles. The molecule has 0 spiro atoms. The van der Waals surface area contributed by atoms with Gasteiger partial charge in [-0.2, -0.15) is 0 Å². The van der Waals surface area contributed by atoms with Crippen LogP contribution in [0.2, 0.25) is 0 Å². The van der Waals surface area contributed by atoms with E-state index < -0.39 is 0 Å². The third kappa shape index (κ3) is 2.84. The summed E-state index contributed by atoms with van der Waals surface area (Å²) in [7, 11) is 0. The molecule has 2 heterocycles. The fourth-order valence-electron chi connectivity index (χ4n) is 6.53. The maximum atomic E-state index is 13.3. The first kappa shape index (κ1) is 17.1. The van der Waals surface area contributed by atoms with Crippen molar-refractivity contribution in [3.63, 3.8) is 0 Å². The Morgan fingerprint density at radius 2 is 1.81 bits per heavy atom. The average Bonchev–Trinajstić information content (AvgIpc) is 2.66. The zero-order valence-corrected chi connectivity index (χ0v) is 16.0. The van der Waals surface area contributed by atoms with Gasteiger partial charge in [0.2, 0.25) is 11.8 Å². The number of rotatable bonds is 3. The second-order valence-corrected chi connectivity index (χ2v) is 9.22. The number of amides is 2. The number of carbonyl (C=O) groups excluding carboxylic acids is 2. The molecule has 6 rings (SSSR count). The normalized spacial score (nSPS) is 33.7. The summed E-state index contributed by atoms with van der Waals surface area (Å²) in [6.07, 6.45) is 9.89. The lowest BCUT2D eigenvalue weighted by Crippen LogP contribution is -2.52. The molecule has 1 aromatic heterocycles. The van der Waals surface area contributed by atoms with Crippen LogP contribution >= 0.6 is 0 Å². The van der Waals surface area contributed by atoms with Gasteiger partial charge in [0.1, 0.15) is 12.1 Å². The summed E-state index contributed by atoms with van der Waals surface area (Å²) in [5.74, 6) is 3.23. The third-order valence-electron chi connectivity index (χ3n) is 7.41. The van der Waals surface area contributed by atoms with Gasteiger partial charge < -0.3 is 10.2 Å². The van der Waals surface area contributed by atoms with Crippen molar-refractivity contribution in [1.29, 1.82) is 0 Å². The molecule has 4 bridgehead atoms. The number of nitrogens with zero attached hydrogens (tertiary/aromatic N) is 3. The predicted molar refractivity (Wildman–Crippen MR) is 101 cm³/mol. The van der Waals surface area contributed by atoms with E-state index in [0.717, 1.165) is 48.3 Å². The smallest absolute Gasteiger partial charge is 0.231 e. The van der Waals surface area contributed by atoms with Crippen molar-refractivity contribution in [3.05, 3.63) is 17.6 Å². The van der Waals surface area contributed by atoms with Gasteiger partial charge in [0.15, 0.2) is 0 Å². The van der Waals surface area contributed by atoms with Crippen molar-refractivity contribution in [1.82, 2.24) is 14.9 Å². The summed E-state index contributed by atoms with van der Waals surface area (Å²) in [6, 6.07) is 0. The van der Waals surface area contributed by atoms with Crippen LogP contribution < -0.4 is 5.32 Å². The van der Waals surface area contributed by atoms with Gasteiger partial charge in [-0.05, 0) is 62.7 Å². The summed E-state index contributed by atoms with van der Waals surface area (Å²) < 4.78 is 0. The first-order valence-electron chi connectivity index (χ1n) is 10.5. The number of fused-ring (bicyclic) bond motifs is 1. The van der Waals surface area contributed by atoms with Crippen molar-refractivity contribution in [3.8, 4) is 0 Å². The van der Waals surface area contributed by atoms with E-state index in [4.69, 9.17) is 0 Å². The highest BCUT2D eigenvalue weighted by Crippen LogP contribution is 2.60. The Kier molecular flexibility index (Phi) is 3.99. The number of hydrogen-bond acceptors (Lipinski definition) is 4. The van der Waals surface area contributed by atoms with E-state index in [1.165, 1.54) is 25.6 Å². The largest absolute Gasteiger partial charge is 0.336 e. The predicted octanol–water partition coefficient (Wildman–Crippen LogP) is 2.93. The summed E-state index contributed by atoms with van der Waals surface area (Å²) in [5.41, 5.74) is 1.71. The Hall–Kier alpha value is -1.98. The van der Waals surface area contributed by atoms with Crippen molar-refractivity contribution in [2.45, 2.75) is 64.8 Å². The van der Waals surface area contributed by atoms with Gasteiger partial charge >= 0.3 is 0 Å². The second kappa shape index (κ2) is 6.28. The number of aromatic nitrogens is 2. The van der Waals surface area contributed by atoms with E-state index in [-0.39, 0.29) is 17.2 Å². The van der Waals surface area contributed by atoms with Gasteiger partial charge in [-0.15, -0.1) is 0 Å². The van der Waals surface area contributed by atoms with Gasteiger partial charge in [-0.3, -0.25) is 9.59 Å². The Morgan fingerprint density at radius 3 is 2.44 bits per heavy atom. The van der Waals surface area contributed by atoms with E-state index in [2.05, 4.69) is 15.3 Å². The van der Waals surface area contributed by atoms with E-state index >= 15 is 0 Å². The highest BCUT2D eigenvalue weighted by Gasteiger charge is 2.54. The number of nitrogens with one attached hydrogen (secondary N) is 1. The van der Waals surface area contributed by atoms with Crippen LogP contribution in [-0.4, -0.2) is 33.2 Å². The van der Waals surface area contributed by atoms with Crippen LogP contribution in [0.1, 0.15) is 63.1 Å². The Balaban J connectivity index is 1.36. The molecule has 144 valence electrons. The molecular formula is C21H28N4O2. The maximum Gasteiger partial charge on any atom is 0.231 e. The van der Waals surface area contributed by atoms with Crippen LogP contribution in [0.4, 0.5) is 5.82 Å². The Morgan fingerprint density at radius 1 is 1.15 bits per heavy atom. The molecule has 6 heteroatoms. The maximum absolute atomic E-state index is 13.3. The molecule has 0 saturated heterocycles. The number of carbonyl (C=O) groups is 2. The molecule has 2 amide bonds. The number of hydrogen-bond donors (Lipinski definition) is 1. The minimum atomic E-state index is -0.175. The monoisotopic (exact) mass is 368 g/mol. The van der Waals surface area contributed by atoms with Gasteiger partial charge in [-0.1, -0.05) is 6.92 Å². The third-order valence-corrected chi connectivity index (χ3v) is 7.41. The molecule has 4 saturated carbocycles. The molecule has 27 heavy (non-hydrogen) atoms. The molecule has 1 aromatic rings. The van der Waals surface area contributed by atoms with Crippen molar-refractivity contribution >= 4 is 17.6 Å². The molecular weight excluding hydrogens is 340 g/mol. The van der Waals surface area contributed by atoms with Crippen molar-refractivity contribution in [2.24, 2.45) is 23.2 Å². The minimum absolute atomic E-state index is 0.151. The minimum Gasteiger partial charge on any atom is -0.336 e. The molecule has 0 atom stereocenters. The molecule has 1 aliphatic heterocycles. The summed E-state index contributed by atoms with van der Waals surface area (Å²) in [6.45, 7) is 3.08. The molecule has 0 unspecified atom stereocenters. The van der Waals surface area contributed by atoms with E-state index in [9.17, 15) is 9.59 Å². The Labute approximate surface area is 160 Å². The van der Waals surface area contributed by atoms with Crippen molar-refractivity contribution < 1.29 is 9.59 Å². The molecule has 1 N–H and O–H groups in total. The zero-order chi connectivity index (χ0) is 18.6. The van der Waals surface area contributed by atoms with Crippen molar-refractivity contribution in [2.75, 3.05) is 11.9 Å². The van der Waals surface area contributed by atoms with Gasteiger partial charge in [0.05, 0.1) is 17.7 Å². The lowest BCUT2D eigenvalue weighted by Gasteiger charge is -2.55. The fourth-order valence-corrected chi connectivity index (χ4v) is 6.53. The lowest BCUT2D eigenvalue weighted by molar-refractivity contribution is -0.140. The first-order valence-corrected chi connectivity index (χ1v) is 10.5. The standard InChI is InChI=1S/C21H28N4O2/c1-2-18(26)25-4-3-16-17(11-25)22-12-23-19(16)24-20(27)21-8-13-5-14(9-21)7-15(6-13)10-21/h12-15H,2-11H2,1H3,(H,22,23,24,27). The second-order valence-electron chi connectivity index (χ2n) is 9.22. The highest BCUT2D eigenvalue weighted by atomic mass is 16.2. The van der Waals surface area contributed by atoms with Gasteiger partial charge in [0, 0.05) is 18.5 Å². The highest BCUT2D eigenvalue weighted by molar-refractivity contribution is 5.95. The quantitative estimate of drug-likeness (QED) is 0.890. The van der Waals surface area contributed by atoms with Crippen LogP contribution in [0.3, 0.4) is 0 Å². The van der Waals surface area contributed by atoms with E-state index in [0.29, 0.717) is 31.7 Å². The first-order chi connectivity index (χ1) is 13.1. The van der Waals surface area contributed by atoms with E-state index in [1.54, 1.807) is 0 Å². The molecule has 4 fully saturated rings. The van der Waals surface area contributed by atoms with Crippen LogP contribution in [0, 0.1) is 23.2 Å². The van der Waals surface area contributed by atoms with E-state index in [1.807, 2.05) is 11.8 Å². The molecule has 4 aliphatic carbocycles. The summed E-state index contributed by atoms with van der Waals surface area (Å²) in [4.78, 5) is 36.0. The molecule has 0 radical (unpaired) electrons. The molecule has 5 aliphatic rings. The van der Waals surface area contributed by atoms with Gasteiger partial charge in [-0.25, -0.2) is 9.97 Å². The summed E-state index contributed by atoms with van der Waals surface area (Å²) in [5, 5.41) is 3.19. The average molecular weight is 368 g/mol. The fraction of sp³-hybridized carbons (Fsp3) is 0.714. The zero-order valence-electron chi connectivity index (χ0n) is 16.0. The van der Waals surface area contributed by atoms with Crippen LogP contribution in [0.25, 0.3) is 0 Å². The van der Waals surface area contributed by atoms with Crippen LogP contribution in [-0.2, 0) is 22.6 Å². The SMILES string of the molecule is CCC(=O)N1CCc2c(ncnc2NC(=O)C23CC4CC(CC(C4)C2)C3)C1. The Bertz CT molecular complexity index is 755.